The summed E-state index contributed by atoms with van der Waals surface area (Å²) >= 11 is 0. The van der Waals surface area contributed by atoms with Crippen molar-refractivity contribution in [2.45, 2.75) is 20.4 Å². The summed E-state index contributed by atoms with van der Waals surface area (Å²) in [7, 11) is 0. The maximum Gasteiger partial charge on any atom is 0.274 e. The molecule has 1 heterocycles. The topological polar surface area (TPSA) is 83.8 Å². The lowest BCUT2D eigenvalue weighted by Crippen LogP contribution is -2.04. The van der Waals surface area contributed by atoms with Crippen LogP contribution >= 0.6 is 0 Å². The largest absolute Gasteiger partial charge is 0.377 e. The minimum Gasteiger partial charge on any atom is -0.377 e. The zero-order valence-corrected chi connectivity index (χ0v) is 10.2. The predicted molar refractivity (Wildman–Crippen MR) is 68.5 cm³/mol. The third-order valence-electron chi connectivity index (χ3n) is 2.74. The van der Waals surface area contributed by atoms with E-state index in [1.165, 1.54) is 0 Å². The molecule has 0 radical (unpaired) electrons. The van der Waals surface area contributed by atoms with E-state index in [2.05, 4.69) is 15.3 Å². The van der Waals surface area contributed by atoms with Crippen molar-refractivity contribution in [2.75, 3.05) is 5.32 Å². The number of rotatable bonds is 4. The van der Waals surface area contributed by atoms with Gasteiger partial charge in [0.2, 0.25) is 0 Å². The van der Waals surface area contributed by atoms with Crippen molar-refractivity contribution in [1.82, 2.24) is 9.97 Å². The van der Waals surface area contributed by atoms with Crippen molar-refractivity contribution in [1.29, 1.82) is 0 Å². The van der Waals surface area contributed by atoms with Crippen molar-refractivity contribution in [3.8, 4) is 0 Å². The van der Waals surface area contributed by atoms with Crippen LogP contribution in [0, 0.1) is 24.0 Å². The van der Waals surface area contributed by atoms with Gasteiger partial charge >= 0.3 is 0 Å². The molecule has 2 aromatic rings. The Labute approximate surface area is 104 Å². The highest BCUT2D eigenvalue weighted by Gasteiger charge is 2.13. The molecule has 1 aromatic heterocycles. The van der Waals surface area contributed by atoms with Crippen LogP contribution in [0.1, 0.15) is 17.0 Å². The number of H-pyrrole nitrogens is 1. The molecular weight excluding hydrogens is 232 g/mol. The van der Waals surface area contributed by atoms with Gasteiger partial charge in [-0.05, 0) is 25.5 Å². The number of nitro groups is 1. The molecule has 0 unspecified atom stereocenters. The van der Waals surface area contributed by atoms with Gasteiger partial charge in [0.15, 0.2) is 0 Å². The Hall–Kier alpha value is -2.37. The van der Waals surface area contributed by atoms with E-state index in [1.54, 1.807) is 25.4 Å². The summed E-state index contributed by atoms with van der Waals surface area (Å²) in [5, 5.41) is 14.0. The fourth-order valence-corrected chi connectivity index (χ4v) is 1.80. The van der Waals surface area contributed by atoms with Crippen molar-refractivity contribution in [3.05, 3.63) is 51.6 Å². The van der Waals surface area contributed by atoms with E-state index in [1.807, 2.05) is 13.0 Å². The van der Waals surface area contributed by atoms with Crippen molar-refractivity contribution >= 4 is 11.4 Å². The van der Waals surface area contributed by atoms with Gasteiger partial charge in [-0.3, -0.25) is 10.1 Å². The van der Waals surface area contributed by atoms with Crippen LogP contribution in [-0.4, -0.2) is 14.9 Å². The molecular formula is C12H14N4O2. The number of aromatic amines is 1. The fourth-order valence-electron chi connectivity index (χ4n) is 1.80. The van der Waals surface area contributed by atoms with Gasteiger partial charge < -0.3 is 10.3 Å². The quantitative estimate of drug-likeness (QED) is 0.641. The van der Waals surface area contributed by atoms with Gasteiger partial charge in [-0.15, -0.1) is 0 Å². The summed E-state index contributed by atoms with van der Waals surface area (Å²) in [6, 6.07) is 3.37. The number of nitro benzene ring substituents is 1. The summed E-state index contributed by atoms with van der Waals surface area (Å²) in [4.78, 5) is 17.6. The number of hydrogen-bond acceptors (Lipinski definition) is 4. The van der Waals surface area contributed by atoms with Gasteiger partial charge in [-0.25, -0.2) is 4.98 Å². The number of aryl methyl sites for hydroxylation is 2. The molecule has 6 nitrogen and oxygen atoms in total. The Morgan fingerprint density at radius 3 is 2.78 bits per heavy atom. The van der Waals surface area contributed by atoms with Gasteiger partial charge in [-0.1, -0.05) is 0 Å². The van der Waals surface area contributed by atoms with Gasteiger partial charge in [-0.2, -0.15) is 0 Å². The van der Waals surface area contributed by atoms with E-state index in [4.69, 9.17) is 0 Å². The molecule has 94 valence electrons. The second kappa shape index (κ2) is 4.87. The van der Waals surface area contributed by atoms with Crippen LogP contribution in [0.15, 0.2) is 24.5 Å². The predicted octanol–water partition coefficient (Wildman–Crippen LogP) is 2.55. The maximum absolute atomic E-state index is 10.9. The molecule has 0 aliphatic heterocycles. The lowest BCUT2D eigenvalue weighted by atomic mass is 10.1. The molecule has 0 aliphatic carbocycles. The number of aromatic nitrogens is 2. The monoisotopic (exact) mass is 246 g/mol. The summed E-state index contributed by atoms with van der Waals surface area (Å²) in [5.41, 5.74) is 2.52. The fraction of sp³-hybridized carbons (Fsp3) is 0.250. The molecule has 18 heavy (non-hydrogen) atoms. The first-order valence-corrected chi connectivity index (χ1v) is 5.55. The Bertz CT molecular complexity index is 564. The standard InChI is InChI=1S/C12H14N4O2/c1-8-5-9(2)11(16(17)18)6-10(8)15-7-12-13-3-4-14-12/h3-6,15H,7H2,1-2H3,(H,13,14). The Balaban J connectivity index is 2.22. The van der Waals surface area contributed by atoms with E-state index in [9.17, 15) is 10.1 Å². The molecule has 0 saturated carbocycles. The Morgan fingerprint density at radius 1 is 1.39 bits per heavy atom. The highest BCUT2D eigenvalue weighted by atomic mass is 16.6. The maximum atomic E-state index is 10.9. The molecule has 0 fully saturated rings. The average molecular weight is 246 g/mol. The van der Waals surface area contributed by atoms with E-state index in [-0.39, 0.29) is 10.6 Å². The number of benzene rings is 1. The normalized spacial score (nSPS) is 10.3. The SMILES string of the molecule is Cc1cc(C)c([N+](=O)[O-])cc1NCc1ncc[nH]1. The molecule has 0 aliphatic rings. The average Bonchev–Trinajstić information content (AvgIpc) is 2.80. The molecule has 2 N–H and O–H groups in total. The van der Waals surface area contributed by atoms with Gasteiger partial charge in [0, 0.05) is 29.7 Å². The Kier molecular flexibility index (Phi) is 3.27. The lowest BCUT2D eigenvalue weighted by molar-refractivity contribution is -0.385. The summed E-state index contributed by atoms with van der Waals surface area (Å²) in [6.07, 6.45) is 3.41. The van der Waals surface area contributed by atoms with Crippen LogP contribution in [0.3, 0.4) is 0 Å². The van der Waals surface area contributed by atoms with Crippen LogP contribution in [0.5, 0.6) is 0 Å². The second-order valence-electron chi connectivity index (χ2n) is 4.10. The highest BCUT2D eigenvalue weighted by Crippen LogP contribution is 2.26. The third kappa shape index (κ3) is 2.48. The van der Waals surface area contributed by atoms with E-state index in [0.717, 1.165) is 17.1 Å². The summed E-state index contributed by atoms with van der Waals surface area (Å²) in [6.45, 7) is 4.16. The highest BCUT2D eigenvalue weighted by molar-refractivity contribution is 5.60. The van der Waals surface area contributed by atoms with Crippen LogP contribution in [0.25, 0.3) is 0 Å². The lowest BCUT2D eigenvalue weighted by Gasteiger charge is -2.09. The van der Waals surface area contributed by atoms with E-state index >= 15 is 0 Å². The van der Waals surface area contributed by atoms with Crippen molar-refractivity contribution in [2.24, 2.45) is 0 Å². The van der Waals surface area contributed by atoms with Crippen LogP contribution in [0.4, 0.5) is 11.4 Å². The molecule has 2 rings (SSSR count). The van der Waals surface area contributed by atoms with E-state index < -0.39 is 0 Å². The first-order chi connectivity index (χ1) is 8.58. The van der Waals surface area contributed by atoms with Crippen molar-refractivity contribution < 1.29 is 4.92 Å². The zero-order valence-electron chi connectivity index (χ0n) is 10.2. The van der Waals surface area contributed by atoms with Gasteiger partial charge in [0.1, 0.15) is 5.82 Å². The molecule has 0 bridgehead atoms. The number of anilines is 1. The molecule has 0 atom stereocenters. The summed E-state index contributed by atoms with van der Waals surface area (Å²) in [5.74, 6) is 0.789. The Morgan fingerprint density at radius 2 is 2.17 bits per heavy atom. The van der Waals surface area contributed by atoms with Gasteiger partial charge in [0.05, 0.1) is 11.5 Å². The number of hydrogen-bond donors (Lipinski definition) is 2. The minimum atomic E-state index is -0.368. The molecule has 0 spiro atoms. The first-order valence-electron chi connectivity index (χ1n) is 5.55. The molecule has 0 amide bonds. The number of nitrogens with one attached hydrogen (secondary N) is 2. The third-order valence-corrected chi connectivity index (χ3v) is 2.74. The minimum absolute atomic E-state index is 0.127. The summed E-state index contributed by atoms with van der Waals surface area (Å²) < 4.78 is 0. The van der Waals surface area contributed by atoms with Crippen LogP contribution < -0.4 is 5.32 Å². The van der Waals surface area contributed by atoms with Crippen LogP contribution in [-0.2, 0) is 6.54 Å². The van der Waals surface area contributed by atoms with E-state index in [0.29, 0.717) is 12.1 Å². The second-order valence-corrected chi connectivity index (χ2v) is 4.10. The van der Waals surface area contributed by atoms with Crippen LogP contribution in [0.2, 0.25) is 0 Å². The smallest absolute Gasteiger partial charge is 0.274 e. The molecule has 6 heteroatoms. The molecule has 0 saturated heterocycles. The zero-order chi connectivity index (χ0) is 13.1. The number of nitrogens with zero attached hydrogens (tertiary/aromatic N) is 2. The van der Waals surface area contributed by atoms with Gasteiger partial charge in [0.25, 0.3) is 5.69 Å². The van der Waals surface area contributed by atoms with Crippen molar-refractivity contribution in [3.63, 3.8) is 0 Å². The molecule has 1 aromatic carbocycles. The first kappa shape index (κ1) is 12.1. The number of imidazole rings is 1.